The number of para-hydroxylation sites is 1. The van der Waals surface area contributed by atoms with Crippen LogP contribution in [0, 0.1) is 10.1 Å². The minimum atomic E-state index is -0.478. The summed E-state index contributed by atoms with van der Waals surface area (Å²) >= 11 is 0. The van der Waals surface area contributed by atoms with E-state index in [1.54, 1.807) is 41.3 Å². The molecule has 0 aliphatic heterocycles. The molecule has 3 rings (SSSR count). The standard InChI is InChI=1S/C20H20N4O4/c1-13(2)23(19(25)11-14-7-9-15(10-8-14)24(27)28)12-18-21-17-6-4-3-5-16(17)20(26)22-18/h3-10,13H,11-12H2,1-2H3,(H,21,22,26). The van der Waals surface area contributed by atoms with E-state index in [4.69, 9.17) is 0 Å². The highest BCUT2D eigenvalue weighted by atomic mass is 16.6. The van der Waals surface area contributed by atoms with Crippen LogP contribution in [0.5, 0.6) is 0 Å². The molecule has 1 aromatic heterocycles. The molecular formula is C20H20N4O4. The lowest BCUT2D eigenvalue weighted by Crippen LogP contribution is -2.38. The molecule has 0 saturated carbocycles. The zero-order valence-electron chi connectivity index (χ0n) is 15.6. The van der Waals surface area contributed by atoms with Crippen LogP contribution in [0.1, 0.15) is 25.2 Å². The van der Waals surface area contributed by atoms with Crippen LogP contribution in [0.3, 0.4) is 0 Å². The van der Waals surface area contributed by atoms with Gasteiger partial charge in [0.15, 0.2) is 0 Å². The summed E-state index contributed by atoms with van der Waals surface area (Å²) in [5.74, 6) is 0.258. The summed E-state index contributed by atoms with van der Waals surface area (Å²) in [6.07, 6.45) is 0.105. The number of aromatic nitrogens is 2. The molecule has 8 heteroatoms. The van der Waals surface area contributed by atoms with Crippen molar-refractivity contribution < 1.29 is 9.72 Å². The topological polar surface area (TPSA) is 109 Å². The van der Waals surface area contributed by atoms with Gasteiger partial charge in [0.25, 0.3) is 11.2 Å². The maximum atomic E-state index is 12.8. The Kier molecular flexibility index (Phi) is 5.49. The van der Waals surface area contributed by atoms with Gasteiger partial charge in [-0.05, 0) is 31.5 Å². The van der Waals surface area contributed by atoms with E-state index in [2.05, 4.69) is 9.97 Å². The van der Waals surface area contributed by atoms with Crippen molar-refractivity contribution in [3.8, 4) is 0 Å². The molecule has 0 bridgehead atoms. The highest BCUT2D eigenvalue weighted by molar-refractivity contribution is 5.79. The van der Waals surface area contributed by atoms with Crippen molar-refractivity contribution in [2.45, 2.75) is 32.9 Å². The van der Waals surface area contributed by atoms with Crippen LogP contribution in [0.4, 0.5) is 5.69 Å². The lowest BCUT2D eigenvalue weighted by atomic mass is 10.1. The number of nitro groups is 1. The zero-order chi connectivity index (χ0) is 20.3. The van der Waals surface area contributed by atoms with Crippen LogP contribution in [-0.4, -0.2) is 31.7 Å². The summed E-state index contributed by atoms with van der Waals surface area (Å²) in [6.45, 7) is 3.93. The second-order valence-corrected chi connectivity index (χ2v) is 6.75. The number of nitro benzene ring substituents is 1. The predicted octanol–water partition coefficient (Wildman–Crippen LogP) is 2.81. The molecule has 0 radical (unpaired) electrons. The first-order chi connectivity index (χ1) is 13.3. The Balaban J connectivity index is 1.80. The minimum absolute atomic E-state index is 0.0187. The third-order valence-electron chi connectivity index (χ3n) is 4.43. The van der Waals surface area contributed by atoms with Crippen LogP contribution in [0.25, 0.3) is 10.9 Å². The summed E-state index contributed by atoms with van der Waals surface area (Å²) in [4.78, 5) is 44.1. The number of hydrogen-bond acceptors (Lipinski definition) is 5. The first-order valence-electron chi connectivity index (χ1n) is 8.86. The van der Waals surface area contributed by atoms with Gasteiger partial charge in [-0.15, -0.1) is 0 Å². The molecule has 0 fully saturated rings. The van der Waals surface area contributed by atoms with E-state index in [1.165, 1.54) is 12.1 Å². The molecule has 0 aliphatic rings. The van der Waals surface area contributed by atoms with E-state index in [1.807, 2.05) is 13.8 Å². The molecule has 1 N–H and O–H groups in total. The van der Waals surface area contributed by atoms with Gasteiger partial charge in [-0.25, -0.2) is 4.98 Å². The predicted molar refractivity (Wildman–Crippen MR) is 105 cm³/mol. The number of non-ortho nitro benzene ring substituents is 1. The van der Waals surface area contributed by atoms with Crippen molar-refractivity contribution in [3.05, 3.63) is 80.4 Å². The molecule has 3 aromatic rings. The number of aromatic amines is 1. The van der Waals surface area contributed by atoms with Crippen molar-refractivity contribution >= 4 is 22.5 Å². The van der Waals surface area contributed by atoms with Crippen molar-refractivity contribution in [1.29, 1.82) is 0 Å². The largest absolute Gasteiger partial charge is 0.333 e. The summed E-state index contributed by atoms with van der Waals surface area (Å²) in [5.41, 5.74) is 0.996. The van der Waals surface area contributed by atoms with Gasteiger partial charge >= 0.3 is 0 Å². The van der Waals surface area contributed by atoms with E-state index in [0.717, 1.165) is 0 Å². The van der Waals surface area contributed by atoms with Crippen LogP contribution in [0.15, 0.2) is 53.3 Å². The van der Waals surface area contributed by atoms with Gasteiger partial charge < -0.3 is 9.88 Å². The Hall–Kier alpha value is -3.55. The average molecular weight is 380 g/mol. The third-order valence-corrected chi connectivity index (χ3v) is 4.43. The average Bonchev–Trinajstić information content (AvgIpc) is 2.66. The number of nitrogens with zero attached hydrogens (tertiary/aromatic N) is 3. The van der Waals surface area contributed by atoms with Gasteiger partial charge in [0.1, 0.15) is 5.82 Å². The molecule has 28 heavy (non-hydrogen) atoms. The fraction of sp³-hybridized carbons (Fsp3) is 0.250. The van der Waals surface area contributed by atoms with Gasteiger partial charge in [-0.1, -0.05) is 24.3 Å². The first-order valence-corrected chi connectivity index (χ1v) is 8.86. The van der Waals surface area contributed by atoms with E-state index in [0.29, 0.717) is 22.3 Å². The quantitative estimate of drug-likeness (QED) is 0.522. The van der Waals surface area contributed by atoms with Gasteiger partial charge in [0.2, 0.25) is 5.91 Å². The van der Waals surface area contributed by atoms with Gasteiger partial charge in [-0.3, -0.25) is 19.7 Å². The van der Waals surface area contributed by atoms with Crippen LogP contribution < -0.4 is 5.56 Å². The Morgan fingerprint density at radius 3 is 2.50 bits per heavy atom. The third kappa shape index (κ3) is 4.22. The van der Waals surface area contributed by atoms with Crippen molar-refractivity contribution in [2.75, 3.05) is 0 Å². The summed E-state index contributed by atoms with van der Waals surface area (Å²) in [5, 5.41) is 11.2. The van der Waals surface area contributed by atoms with Crippen molar-refractivity contribution in [1.82, 2.24) is 14.9 Å². The molecule has 0 aliphatic carbocycles. The number of amides is 1. The van der Waals surface area contributed by atoms with E-state index in [-0.39, 0.29) is 36.2 Å². The molecule has 0 spiro atoms. The number of carbonyl (C=O) groups excluding carboxylic acids is 1. The van der Waals surface area contributed by atoms with Crippen LogP contribution in [0.2, 0.25) is 0 Å². The molecule has 8 nitrogen and oxygen atoms in total. The van der Waals surface area contributed by atoms with Crippen molar-refractivity contribution in [3.63, 3.8) is 0 Å². The van der Waals surface area contributed by atoms with E-state index < -0.39 is 4.92 Å². The summed E-state index contributed by atoms with van der Waals surface area (Å²) < 4.78 is 0. The number of rotatable bonds is 6. The van der Waals surface area contributed by atoms with Crippen molar-refractivity contribution in [2.24, 2.45) is 0 Å². The highest BCUT2D eigenvalue weighted by Crippen LogP contribution is 2.15. The normalized spacial score (nSPS) is 11.0. The van der Waals surface area contributed by atoms with Gasteiger partial charge in [0.05, 0.1) is 28.8 Å². The Bertz CT molecular complexity index is 1070. The molecule has 0 atom stereocenters. The maximum absolute atomic E-state index is 12.8. The second-order valence-electron chi connectivity index (χ2n) is 6.75. The SMILES string of the molecule is CC(C)N(Cc1nc2ccccc2c(=O)[nH]1)C(=O)Cc1ccc([N+](=O)[O-])cc1. The maximum Gasteiger partial charge on any atom is 0.269 e. The fourth-order valence-electron chi connectivity index (χ4n) is 2.94. The van der Waals surface area contributed by atoms with Gasteiger partial charge in [0, 0.05) is 18.2 Å². The van der Waals surface area contributed by atoms with E-state index in [9.17, 15) is 19.7 Å². The molecular weight excluding hydrogens is 360 g/mol. The van der Waals surface area contributed by atoms with Gasteiger partial charge in [-0.2, -0.15) is 0 Å². The molecule has 2 aromatic carbocycles. The number of fused-ring (bicyclic) bond motifs is 1. The number of nitrogens with one attached hydrogen (secondary N) is 1. The number of carbonyl (C=O) groups is 1. The first kappa shape index (κ1) is 19.2. The Morgan fingerprint density at radius 2 is 1.86 bits per heavy atom. The number of benzene rings is 2. The molecule has 0 saturated heterocycles. The number of H-pyrrole nitrogens is 1. The fourth-order valence-corrected chi connectivity index (χ4v) is 2.94. The summed E-state index contributed by atoms with van der Waals surface area (Å²) in [6, 6.07) is 12.8. The molecule has 1 amide bonds. The number of hydrogen-bond donors (Lipinski definition) is 1. The molecule has 1 heterocycles. The Labute approximate surface area is 161 Å². The van der Waals surface area contributed by atoms with Crippen LogP contribution in [-0.2, 0) is 17.8 Å². The molecule has 0 unspecified atom stereocenters. The zero-order valence-corrected chi connectivity index (χ0v) is 15.6. The lowest BCUT2D eigenvalue weighted by Gasteiger charge is -2.26. The van der Waals surface area contributed by atoms with Crippen LogP contribution >= 0.6 is 0 Å². The lowest BCUT2D eigenvalue weighted by molar-refractivity contribution is -0.384. The van der Waals surface area contributed by atoms with E-state index >= 15 is 0 Å². The molecule has 144 valence electrons. The minimum Gasteiger partial charge on any atom is -0.333 e. The second kappa shape index (κ2) is 7.99. The summed E-state index contributed by atoms with van der Waals surface area (Å²) in [7, 11) is 0. The highest BCUT2D eigenvalue weighted by Gasteiger charge is 2.19. The smallest absolute Gasteiger partial charge is 0.269 e. The Morgan fingerprint density at radius 1 is 1.18 bits per heavy atom. The monoisotopic (exact) mass is 380 g/mol.